The molecule has 1 aliphatic heterocycles. The van der Waals surface area contributed by atoms with Crippen LogP contribution in [0.2, 0.25) is 5.02 Å². The molecule has 1 atom stereocenters. The Bertz CT molecular complexity index is 933. The fourth-order valence-corrected chi connectivity index (χ4v) is 5.06. The van der Waals surface area contributed by atoms with Crippen LogP contribution in [0.1, 0.15) is 23.7 Å². The molecule has 2 heterocycles. The molecule has 3 nitrogen and oxygen atoms in total. The second kappa shape index (κ2) is 6.60. The first-order valence-corrected chi connectivity index (χ1v) is 9.72. The van der Waals surface area contributed by atoms with Gasteiger partial charge in [0.25, 0.3) is 0 Å². The van der Waals surface area contributed by atoms with Crippen LogP contribution in [0.4, 0.5) is 0 Å². The van der Waals surface area contributed by atoms with E-state index in [1.54, 1.807) is 17.8 Å². The highest BCUT2D eigenvalue weighted by Gasteiger charge is 2.27. The van der Waals surface area contributed by atoms with Gasteiger partial charge in [-0.3, -0.25) is 0 Å². The monoisotopic (exact) mass is 373 g/mol. The van der Waals surface area contributed by atoms with Gasteiger partial charge in [-0.2, -0.15) is 0 Å². The summed E-state index contributed by atoms with van der Waals surface area (Å²) in [5.74, 6) is 0.351. The largest absolute Gasteiger partial charge is 0.507 e. The number of benzene rings is 2. The third kappa shape index (κ3) is 2.92. The van der Waals surface area contributed by atoms with Gasteiger partial charge in [-0.25, -0.2) is 0 Å². The summed E-state index contributed by atoms with van der Waals surface area (Å²) in [6.45, 7) is 3.03. The van der Waals surface area contributed by atoms with E-state index in [0.29, 0.717) is 17.4 Å². The van der Waals surface area contributed by atoms with Crippen molar-refractivity contribution in [2.75, 3.05) is 6.61 Å². The number of thioether (sulfide) groups is 1. The van der Waals surface area contributed by atoms with Gasteiger partial charge in [0.05, 0.1) is 10.4 Å². The summed E-state index contributed by atoms with van der Waals surface area (Å²) in [6, 6.07) is 11.7. The number of nitrogens with zero attached hydrogens (tertiary/aromatic N) is 1. The summed E-state index contributed by atoms with van der Waals surface area (Å²) in [5, 5.41) is 22.2. The Morgan fingerprint density at radius 1 is 1.20 bits per heavy atom. The maximum atomic E-state index is 10.3. The first-order chi connectivity index (χ1) is 12.1. The van der Waals surface area contributed by atoms with Crippen LogP contribution in [0.5, 0.6) is 5.75 Å². The van der Waals surface area contributed by atoms with E-state index in [-0.39, 0.29) is 6.61 Å². The molecule has 1 aliphatic rings. The molecule has 5 heteroatoms. The summed E-state index contributed by atoms with van der Waals surface area (Å²) in [7, 11) is 0. The third-order valence-electron chi connectivity index (χ3n) is 4.79. The maximum Gasteiger partial charge on any atom is 0.129 e. The first-order valence-electron chi connectivity index (χ1n) is 8.46. The number of aromatic hydroxyl groups is 1. The van der Waals surface area contributed by atoms with Crippen molar-refractivity contribution >= 4 is 34.3 Å². The van der Waals surface area contributed by atoms with Gasteiger partial charge in [0, 0.05) is 40.9 Å². The summed E-state index contributed by atoms with van der Waals surface area (Å²) in [6.07, 6.45) is 1.58. The third-order valence-corrected chi connectivity index (χ3v) is 6.26. The van der Waals surface area contributed by atoms with Crippen molar-refractivity contribution in [1.82, 2.24) is 4.57 Å². The minimum Gasteiger partial charge on any atom is -0.507 e. The van der Waals surface area contributed by atoms with Crippen molar-refractivity contribution in [3.8, 4) is 5.75 Å². The molecule has 1 aromatic heterocycles. The second-order valence-electron chi connectivity index (χ2n) is 6.55. The van der Waals surface area contributed by atoms with Crippen molar-refractivity contribution in [3.05, 3.63) is 58.2 Å². The lowest BCUT2D eigenvalue weighted by molar-refractivity contribution is 0.296. The molecule has 2 N–H and O–H groups in total. The van der Waals surface area contributed by atoms with Gasteiger partial charge in [0.2, 0.25) is 0 Å². The highest BCUT2D eigenvalue weighted by molar-refractivity contribution is 8.00. The molecule has 4 rings (SSSR count). The van der Waals surface area contributed by atoms with Gasteiger partial charge < -0.3 is 14.8 Å². The van der Waals surface area contributed by atoms with Gasteiger partial charge in [-0.05, 0) is 41.8 Å². The smallest absolute Gasteiger partial charge is 0.129 e. The van der Waals surface area contributed by atoms with Crippen LogP contribution in [0.3, 0.4) is 0 Å². The van der Waals surface area contributed by atoms with E-state index in [9.17, 15) is 10.2 Å². The number of halogens is 1. The van der Waals surface area contributed by atoms with Crippen LogP contribution in [0.15, 0.2) is 41.3 Å². The zero-order chi connectivity index (χ0) is 17.6. The lowest BCUT2D eigenvalue weighted by Gasteiger charge is -2.20. The fraction of sp³-hybridized carbons (Fsp3) is 0.300. The van der Waals surface area contributed by atoms with Gasteiger partial charge in [0.1, 0.15) is 5.75 Å². The van der Waals surface area contributed by atoms with E-state index in [0.717, 1.165) is 33.8 Å². The van der Waals surface area contributed by atoms with Gasteiger partial charge in [-0.1, -0.05) is 30.7 Å². The quantitative estimate of drug-likeness (QED) is 0.701. The molecule has 3 aromatic rings. The van der Waals surface area contributed by atoms with Crippen molar-refractivity contribution in [2.24, 2.45) is 0 Å². The zero-order valence-corrected chi connectivity index (χ0v) is 15.6. The highest BCUT2D eigenvalue weighted by Crippen LogP contribution is 2.46. The lowest BCUT2D eigenvalue weighted by Crippen LogP contribution is -2.11. The van der Waals surface area contributed by atoms with E-state index >= 15 is 0 Å². The van der Waals surface area contributed by atoms with Crippen LogP contribution >= 0.6 is 23.4 Å². The first kappa shape index (κ1) is 16.8. The predicted molar refractivity (Wildman–Crippen MR) is 104 cm³/mol. The Morgan fingerprint density at radius 3 is 2.68 bits per heavy atom. The molecular weight excluding hydrogens is 354 g/mol. The number of phenolic OH excluding ortho intramolecular Hbond substituents is 1. The number of phenols is 1. The summed E-state index contributed by atoms with van der Waals surface area (Å²) >= 11 is 7.75. The number of hydrogen-bond donors (Lipinski definition) is 2. The molecular formula is C20H20ClNO2S. The van der Waals surface area contributed by atoms with E-state index in [2.05, 4.69) is 11.5 Å². The fourth-order valence-electron chi connectivity index (χ4n) is 3.74. The Labute approximate surface area is 156 Å². The van der Waals surface area contributed by atoms with E-state index in [1.165, 1.54) is 16.8 Å². The topological polar surface area (TPSA) is 45.4 Å². The standard InChI is InChI=1S/C20H20ClNO2S/c1-12-10-15-16(8-9-23)22(11-13-2-4-14(21)5-3-13)17-6-7-18(24)20(25-12)19(15)17/h2-7,12,23-24H,8-11H2,1H3. The number of aliphatic hydroxyl groups is 1. The van der Waals surface area contributed by atoms with Crippen LogP contribution in [-0.2, 0) is 19.4 Å². The molecule has 0 aliphatic carbocycles. The lowest BCUT2D eigenvalue weighted by atomic mass is 10.0. The minimum absolute atomic E-state index is 0.118. The molecule has 2 aromatic carbocycles. The van der Waals surface area contributed by atoms with E-state index < -0.39 is 0 Å². The molecule has 0 saturated heterocycles. The zero-order valence-electron chi connectivity index (χ0n) is 14.0. The Balaban J connectivity index is 1.92. The molecule has 0 fully saturated rings. The Hall–Kier alpha value is -1.62. The molecule has 0 spiro atoms. The van der Waals surface area contributed by atoms with Crippen LogP contribution in [0, 0.1) is 0 Å². The Morgan fingerprint density at radius 2 is 1.96 bits per heavy atom. The molecule has 25 heavy (non-hydrogen) atoms. The average Bonchev–Trinajstić information content (AvgIpc) is 2.87. The van der Waals surface area contributed by atoms with Crippen LogP contribution in [0.25, 0.3) is 10.9 Å². The number of aromatic nitrogens is 1. The predicted octanol–water partition coefficient (Wildman–Crippen LogP) is 4.62. The van der Waals surface area contributed by atoms with E-state index in [4.69, 9.17) is 11.6 Å². The van der Waals surface area contributed by atoms with Gasteiger partial charge in [0.15, 0.2) is 0 Å². The summed E-state index contributed by atoms with van der Waals surface area (Å²) in [5.41, 5.74) is 4.74. The number of aliphatic hydroxyl groups excluding tert-OH is 1. The molecule has 130 valence electrons. The van der Waals surface area contributed by atoms with Crippen molar-refractivity contribution in [2.45, 2.75) is 36.5 Å². The average molecular weight is 374 g/mol. The molecule has 0 amide bonds. The molecule has 0 saturated carbocycles. The van der Waals surface area contributed by atoms with Crippen LogP contribution in [-0.4, -0.2) is 26.6 Å². The molecule has 1 unspecified atom stereocenters. The van der Waals surface area contributed by atoms with E-state index in [1.807, 2.05) is 30.3 Å². The van der Waals surface area contributed by atoms with Crippen molar-refractivity contribution < 1.29 is 10.2 Å². The van der Waals surface area contributed by atoms with Crippen molar-refractivity contribution in [3.63, 3.8) is 0 Å². The number of hydrogen-bond acceptors (Lipinski definition) is 3. The van der Waals surface area contributed by atoms with Gasteiger partial charge in [-0.15, -0.1) is 11.8 Å². The van der Waals surface area contributed by atoms with Gasteiger partial charge >= 0.3 is 0 Å². The molecule has 0 radical (unpaired) electrons. The highest BCUT2D eigenvalue weighted by atomic mass is 35.5. The van der Waals surface area contributed by atoms with Crippen LogP contribution < -0.4 is 0 Å². The normalized spacial score (nSPS) is 16.5. The minimum atomic E-state index is 0.118. The number of rotatable bonds is 4. The maximum absolute atomic E-state index is 10.3. The summed E-state index contributed by atoms with van der Waals surface area (Å²) < 4.78 is 2.28. The second-order valence-corrected chi connectivity index (χ2v) is 8.44. The molecule has 0 bridgehead atoms. The van der Waals surface area contributed by atoms with Crippen molar-refractivity contribution in [1.29, 1.82) is 0 Å². The Kier molecular flexibility index (Phi) is 4.44. The summed E-state index contributed by atoms with van der Waals surface area (Å²) in [4.78, 5) is 0.972. The SMILES string of the molecule is CC1Cc2c(CCO)n(Cc3ccc(Cl)cc3)c3ccc(O)c(c23)S1.